The van der Waals surface area contributed by atoms with Crippen molar-refractivity contribution in [2.75, 3.05) is 17.2 Å². The van der Waals surface area contributed by atoms with Crippen LogP contribution in [-0.2, 0) is 9.59 Å². The van der Waals surface area contributed by atoms with E-state index >= 15 is 0 Å². The minimum atomic E-state index is -0.559. The van der Waals surface area contributed by atoms with Crippen LogP contribution in [0.2, 0.25) is 0 Å². The summed E-state index contributed by atoms with van der Waals surface area (Å²) in [5.41, 5.74) is 2.93. The summed E-state index contributed by atoms with van der Waals surface area (Å²) in [7, 11) is 0. The van der Waals surface area contributed by atoms with Crippen LogP contribution in [0.1, 0.15) is 16.7 Å². The summed E-state index contributed by atoms with van der Waals surface area (Å²) in [6.07, 6.45) is 1.39. The minimum absolute atomic E-state index is 0.0501. The molecule has 0 aliphatic carbocycles. The quantitative estimate of drug-likeness (QED) is 0.397. The number of anilines is 2. The van der Waals surface area contributed by atoms with E-state index in [-0.39, 0.29) is 17.9 Å². The molecule has 2 amide bonds. The van der Waals surface area contributed by atoms with E-state index in [4.69, 9.17) is 4.74 Å². The van der Waals surface area contributed by atoms with Gasteiger partial charge in [0.05, 0.1) is 5.69 Å². The highest BCUT2D eigenvalue weighted by molar-refractivity contribution is 6.10. The maximum Gasteiger partial charge on any atom is 0.266 e. The number of benzene rings is 3. The van der Waals surface area contributed by atoms with Gasteiger partial charge in [0.2, 0.25) is 0 Å². The molecule has 0 fully saturated rings. The van der Waals surface area contributed by atoms with Gasteiger partial charge >= 0.3 is 0 Å². The fourth-order valence-electron chi connectivity index (χ4n) is 3.07. The Morgan fingerprint density at radius 1 is 1.00 bits per heavy atom. The molecule has 0 aromatic heterocycles. The van der Waals surface area contributed by atoms with Gasteiger partial charge in [-0.05, 0) is 49.8 Å². The van der Waals surface area contributed by atoms with Crippen LogP contribution < -0.4 is 15.4 Å². The highest BCUT2D eigenvalue weighted by Crippen LogP contribution is 2.23. The molecule has 0 bridgehead atoms. The molecule has 3 aromatic rings. The fourth-order valence-corrected chi connectivity index (χ4v) is 3.07. The van der Waals surface area contributed by atoms with Crippen LogP contribution in [-0.4, -0.2) is 18.4 Å². The number of hydrogen-bond acceptors (Lipinski definition) is 4. The molecule has 0 heterocycles. The Morgan fingerprint density at radius 3 is 2.45 bits per heavy atom. The monoisotopic (exact) mass is 443 g/mol. The standard InChI is InChI=1S/C26H22FN3O3/c1-17-11-12-22(18(2)13-17)30-26(32)20(15-28)14-19-7-3-6-10-24(19)33-16-25(31)29-23-9-5-4-8-21(23)27/h3-14H,16H2,1-2H3,(H,29,31)(H,30,32). The Morgan fingerprint density at radius 2 is 1.73 bits per heavy atom. The maximum atomic E-state index is 13.7. The normalized spacial score (nSPS) is 10.8. The van der Waals surface area contributed by atoms with Gasteiger partial charge in [0.1, 0.15) is 23.2 Å². The molecule has 6 nitrogen and oxygen atoms in total. The van der Waals surface area contributed by atoms with Crippen LogP contribution >= 0.6 is 0 Å². The van der Waals surface area contributed by atoms with Gasteiger partial charge < -0.3 is 15.4 Å². The van der Waals surface area contributed by atoms with Crippen LogP contribution in [0.25, 0.3) is 6.08 Å². The van der Waals surface area contributed by atoms with Crippen LogP contribution in [0.15, 0.2) is 72.3 Å². The molecule has 0 unspecified atom stereocenters. The van der Waals surface area contributed by atoms with Crippen molar-refractivity contribution in [2.45, 2.75) is 13.8 Å². The van der Waals surface area contributed by atoms with Crippen molar-refractivity contribution in [3.05, 3.63) is 94.8 Å². The lowest BCUT2D eigenvalue weighted by molar-refractivity contribution is -0.118. The zero-order chi connectivity index (χ0) is 23.8. The average Bonchev–Trinajstić information content (AvgIpc) is 2.80. The SMILES string of the molecule is Cc1ccc(NC(=O)C(C#N)=Cc2ccccc2OCC(=O)Nc2ccccc2F)c(C)c1. The number of para-hydroxylation sites is 2. The van der Waals surface area contributed by atoms with Crippen molar-refractivity contribution in [3.63, 3.8) is 0 Å². The van der Waals surface area contributed by atoms with Gasteiger partial charge in [0, 0.05) is 11.3 Å². The van der Waals surface area contributed by atoms with Crippen molar-refractivity contribution in [1.82, 2.24) is 0 Å². The second-order valence-electron chi connectivity index (χ2n) is 7.30. The Kier molecular flexibility index (Phi) is 7.55. The zero-order valence-electron chi connectivity index (χ0n) is 18.2. The van der Waals surface area contributed by atoms with Crippen LogP contribution in [0.3, 0.4) is 0 Å². The average molecular weight is 443 g/mol. The van der Waals surface area contributed by atoms with E-state index in [9.17, 15) is 19.2 Å². The second-order valence-corrected chi connectivity index (χ2v) is 7.30. The molecule has 0 saturated heterocycles. The van der Waals surface area contributed by atoms with Gasteiger partial charge in [0.15, 0.2) is 6.61 Å². The number of nitriles is 1. The van der Waals surface area contributed by atoms with E-state index < -0.39 is 17.6 Å². The summed E-state index contributed by atoms with van der Waals surface area (Å²) < 4.78 is 19.3. The molecule has 3 aromatic carbocycles. The number of halogens is 1. The number of carbonyl (C=O) groups is 2. The Bertz CT molecular complexity index is 1260. The van der Waals surface area contributed by atoms with E-state index in [0.717, 1.165) is 11.1 Å². The minimum Gasteiger partial charge on any atom is -0.483 e. The largest absolute Gasteiger partial charge is 0.483 e. The smallest absolute Gasteiger partial charge is 0.266 e. The van der Waals surface area contributed by atoms with Crippen LogP contribution in [0.5, 0.6) is 5.75 Å². The summed E-state index contributed by atoms with van der Waals surface area (Å²) in [6, 6.07) is 20.0. The first-order chi connectivity index (χ1) is 15.9. The Hall–Kier alpha value is -4.44. The van der Waals surface area contributed by atoms with E-state index in [1.165, 1.54) is 24.3 Å². The van der Waals surface area contributed by atoms with Crippen molar-refractivity contribution >= 4 is 29.3 Å². The molecule has 2 N–H and O–H groups in total. The van der Waals surface area contributed by atoms with Crippen molar-refractivity contribution in [2.24, 2.45) is 0 Å². The summed E-state index contributed by atoms with van der Waals surface area (Å²) in [5, 5.41) is 14.7. The van der Waals surface area contributed by atoms with Gasteiger partial charge in [-0.1, -0.05) is 48.0 Å². The van der Waals surface area contributed by atoms with Crippen LogP contribution in [0.4, 0.5) is 15.8 Å². The first-order valence-electron chi connectivity index (χ1n) is 10.1. The van der Waals surface area contributed by atoms with Crippen molar-refractivity contribution in [1.29, 1.82) is 5.26 Å². The highest BCUT2D eigenvalue weighted by atomic mass is 19.1. The number of nitrogens with zero attached hydrogens (tertiary/aromatic N) is 1. The fraction of sp³-hybridized carbons (Fsp3) is 0.115. The molecule has 0 saturated carbocycles. The number of amides is 2. The summed E-state index contributed by atoms with van der Waals surface area (Å²) in [5.74, 6) is -1.36. The molecule has 166 valence electrons. The third-order valence-corrected chi connectivity index (χ3v) is 4.72. The van der Waals surface area contributed by atoms with E-state index in [1.807, 2.05) is 32.0 Å². The second kappa shape index (κ2) is 10.7. The highest BCUT2D eigenvalue weighted by Gasteiger charge is 2.13. The van der Waals surface area contributed by atoms with Crippen molar-refractivity contribution in [3.8, 4) is 11.8 Å². The molecule has 0 aliphatic heterocycles. The predicted octanol–water partition coefficient (Wildman–Crippen LogP) is 5.01. The van der Waals surface area contributed by atoms with E-state index in [0.29, 0.717) is 17.0 Å². The summed E-state index contributed by atoms with van der Waals surface area (Å²) >= 11 is 0. The molecule has 0 atom stereocenters. The maximum absolute atomic E-state index is 13.7. The lowest BCUT2D eigenvalue weighted by Crippen LogP contribution is -2.21. The molecule has 7 heteroatoms. The first kappa shape index (κ1) is 23.2. The van der Waals surface area contributed by atoms with E-state index in [2.05, 4.69) is 10.6 Å². The Labute approximate surface area is 191 Å². The molecule has 33 heavy (non-hydrogen) atoms. The van der Waals surface area contributed by atoms with Gasteiger partial charge in [-0.3, -0.25) is 9.59 Å². The van der Waals surface area contributed by atoms with Gasteiger partial charge in [0.25, 0.3) is 11.8 Å². The first-order valence-corrected chi connectivity index (χ1v) is 10.1. The zero-order valence-corrected chi connectivity index (χ0v) is 18.2. The van der Waals surface area contributed by atoms with Crippen molar-refractivity contribution < 1.29 is 18.7 Å². The molecular formula is C26H22FN3O3. The number of carbonyl (C=O) groups excluding carboxylic acids is 2. The lowest BCUT2D eigenvalue weighted by Gasteiger charge is -2.11. The third kappa shape index (κ3) is 6.28. The molecule has 0 radical (unpaired) electrons. The van der Waals surface area contributed by atoms with Crippen LogP contribution in [0, 0.1) is 31.0 Å². The van der Waals surface area contributed by atoms with E-state index in [1.54, 1.807) is 36.4 Å². The molecular weight excluding hydrogens is 421 g/mol. The van der Waals surface area contributed by atoms with Gasteiger partial charge in [-0.25, -0.2) is 4.39 Å². The van der Waals surface area contributed by atoms with Gasteiger partial charge in [-0.2, -0.15) is 5.26 Å². The number of hydrogen-bond donors (Lipinski definition) is 2. The molecule has 0 spiro atoms. The topological polar surface area (TPSA) is 91.2 Å². The lowest BCUT2D eigenvalue weighted by atomic mass is 10.1. The number of aryl methyl sites for hydroxylation is 2. The Balaban J connectivity index is 1.72. The van der Waals surface area contributed by atoms with Gasteiger partial charge in [-0.15, -0.1) is 0 Å². The number of nitrogens with one attached hydrogen (secondary N) is 2. The molecule has 3 rings (SSSR count). The summed E-state index contributed by atoms with van der Waals surface area (Å²) in [4.78, 5) is 24.8. The summed E-state index contributed by atoms with van der Waals surface area (Å²) in [6.45, 7) is 3.44. The molecule has 0 aliphatic rings. The third-order valence-electron chi connectivity index (χ3n) is 4.72. The predicted molar refractivity (Wildman–Crippen MR) is 125 cm³/mol. The number of ether oxygens (including phenoxy) is 1. The number of rotatable bonds is 7.